The van der Waals surface area contributed by atoms with Crippen molar-refractivity contribution in [3.05, 3.63) is 78.4 Å². The summed E-state index contributed by atoms with van der Waals surface area (Å²) in [6, 6.07) is 15.4. The van der Waals surface area contributed by atoms with E-state index < -0.39 is 0 Å². The zero-order valence-electron chi connectivity index (χ0n) is 19.9. The van der Waals surface area contributed by atoms with Gasteiger partial charge in [0.05, 0.1) is 23.9 Å². The van der Waals surface area contributed by atoms with Crippen molar-refractivity contribution in [2.45, 2.75) is 39.3 Å². The Bertz CT molecular complexity index is 1330. The molecule has 35 heavy (non-hydrogen) atoms. The van der Waals surface area contributed by atoms with Crippen molar-refractivity contribution in [3.63, 3.8) is 0 Å². The average molecular weight is 471 g/mol. The summed E-state index contributed by atoms with van der Waals surface area (Å²) < 4.78 is 3.89. The number of hydrogen-bond acceptors (Lipinski definition) is 4. The standard InChI is InChI=1S/C27H30N6O2/c1-2-31-19-28-24-16-22(10-11-25(24)31)30-26(34)15-20-7-5-13-32(17-20)27(35)23-9-4-3-8-21(23)18-33-14-6-12-29-33/h3-4,6,8-12,14,16,19-20H,2,5,7,13,15,17-18H2,1H3,(H,30,34)/t20-/m1/s1. The molecule has 1 aliphatic heterocycles. The second kappa shape index (κ2) is 10.1. The van der Waals surface area contributed by atoms with E-state index in [0.29, 0.717) is 31.6 Å². The van der Waals surface area contributed by atoms with E-state index in [1.54, 1.807) is 6.20 Å². The van der Waals surface area contributed by atoms with Crippen LogP contribution in [0.25, 0.3) is 11.0 Å². The van der Waals surface area contributed by atoms with Crippen LogP contribution in [0.1, 0.15) is 42.1 Å². The molecule has 0 radical (unpaired) electrons. The predicted molar refractivity (Wildman–Crippen MR) is 135 cm³/mol. The van der Waals surface area contributed by atoms with Crippen molar-refractivity contribution >= 4 is 28.5 Å². The zero-order valence-corrected chi connectivity index (χ0v) is 19.9. The molecule has 8 heteroatoms. The molecular formula is C27H30N6O2. The summed E-state index contributed by atoms with van der Waals surface area (Å²) >= 11 is 0. The normalized spacial score (nSPS) is 15.9. The van der Waals surface area contributed by atoms with Gasteiger partial charge in [-0.25, -0.2) is 4.98 Å². The molecule has 0 bridgehead atoms. The van der Waals surface area contributed by atoms with Crippen molar-refractivity contribution in [2.75, 3.05) is 18.4 Å². The number of carbonyl (C=O) groups excluding carboxylic acids is 2. The van der Waals surface area contributed by atoms with Crippen molar-refractivity contribution in [1.82, 2.24) is 24.2 Å². The first-order chi connectivity index (χ1) is 17.1. The summed E-state index contributed by atoms with van der Waals surface area (Å²) in [7, 11) is 0. The number of imidazole rings is 1. The third-order valence-corrected chi connectivity index (χ3v) is 6.67. The lowest BCUT2D eigenvalue weighted by Crippen LogP contribution is -2.41. The number of nitrogens with zero attached hydrogens (tertiary/aromatic N) is 5. The first-order valence-corrected chi connectivity index (χ1v) is 12.2. The monoisotopic (exact) mass is 470 g/mol. The molecule has 1 N–H and O–H groups in total. The molecule has 4 aromatic rings. The summed E-state index contributed by atoms with van der Waals surface area (Å²) in [4.78, 5) is 32.5. The Hall–Kier alpha value is -3.94. The molecular weight excluding hydrogens is 440 g/mol. The summed E-state index contributed by atoms with van der Waals surface area (Å²) in [5, 5.41) is 7.28. The van der Waals surface area contributed by atoms with Crippen molar-refractivity contribution in [3.8, 4) is 0 Å². The Balaban J connectivity index is 1.22. The molecule has 1 atom stereocenters. The SMILES string of the molecule is CCn1cnc2cc(NC(=O)C[C@H]3CCCN(C(=O)c4ccccc4Cn4cccn4)C3)ccc21. The van der Waals surface area contributed by atoms with E-state index in [2.05, 4.69) is 26.9 Å². The highest BCUT2D eigenvalue weighted by Crippen LogP contribution is 2.24. The van der Waals surface area contributed by atoms with E-state index in [-0.39, 0.29) is 17.7 Å². The van der Waals surface area contributed by atoms with Gasteiger partial charge in [-0.15, -0.1) is 0 Å². The van der Waals surface area contributed by atoms with Crippen LogP contribution in [0.2, 0.25) is 0 Å². The molecule has 2 aromatic heterocycles. The topological polar surface area (TPSA) is 85.0 Å². The summed E-state index contributed by atoms with van der Waals surface area (Å²) in [5.41, 5.74) is 4.32. The predicted octanol–water partition coefficient (Wildman–Crippen LogP) is 4.18. The van der Waals surface area contributed by atoms with Crippen LogP contribution in [0.5, 0.6) is 0 Å². The fourth-order valence-corrected chi connectivity index (χ4v) is 4.89. The Kier molecular flexibility index (Phi) is 6.61. The lowest BCUT2D eigenvalue weighted by atomic mass is 9.93. The number of nitrogens with one attached hydrogen (secondary N) is 1. The van der Waals surface area contributed by atoms with Gasteiger partial charge >= 0.3 is 0 Å². The maximum Gasteiger partial charge on any atom is 0.254 e. The van der Waals surface area contributed by atoms with E-state index in [1.807, 2.05) is 70.6 Å². The van der Waals surface area contributed by atoms with E-state index in [4.69, 9.17) is 0 Å². The number of fused-ring (bicyclic) bond motifs is 1. The van der Waals surface area contributed by atoms with Gasteiger partial charge in [-0.05, 0) is 61.6 Å². The van der Waals surface area contributed by atoms with Gasteiger partial charge in [0, 0.05) is 49.7 Å². The maximum absolute atomic E-state index is 13.4. The molecule has 3 heterocycles. The molecule has 5 rings (SSSR count). The molecule has 1 fully saturated rings. The third kappa shape index (κ3) is 5.11. The van der Waals surface area contributed by atoms with Crippen LogP contribution in [-0.2, 0) is 17.9 Å². The van der Waals surface area contributed by atoms with Crippen molar-refractivity contribution in [2.24, 2.45) is 5.92 Å². The van der Waals surface area contributed by atoms with E-state index in [0.717, 1.165) is 41.7 Å². The second-order valence-corrected chi connectivity index (χ2v) is 9.11. The van der Waals surface area contributed by atoms with Crippen LogP contribution in [0.15, 0.2) is 67.3 Å². The Morgan fingerprint density at radius 2 is 2.03 bits per heavy atom. The fourth-order valence-electron chi connectivity index (χ4n) is 4.89. The van der Waals surface area contributed by atoms with Crippen LogP contribution < -0.4 is 5.32 Å². The second-order valence-electron chi connectivity index (χ2n) is 9.11. The molecule has 0 aliphatic carbocycles. The fraction of sp³-hybridized carbons (Fsp3) is 0.333. The first kappa shape index (κ1) is 22.8. The minimum Gasteiger partial charge on any atom is -0.338 e. The smallest absolute Gasteiger partial charge is 0.254 e. The highest BCUT2D eigenvalue weighted by atomic mass is 16.2. The lowest BCUT2D eigenvalue weighted by Gasteiger charge is -2.33. The van der Waals surface area contributed by atoms with Crippen LogP contribution in [0.3, 0.4) is 0 Å². The van der Waals surface area contributed by atoms with Gasteiger partial charge in [-0.3, -0.25) is 14.3 Å². The minimum absolute atomic E-state index is 0.0230. The first-order valence-electron chi connectivity index (χ1n) is 12.2. The molecule has 1 aliphatic rings. The number of aryl methyl sites for hydroxylation is 1. The minimum atomic E-state index is -0.0299. The number of hydrogen-bond donors (Lipinski definition) is 1. The van der Waals surface area contributed by atoms with Crippen LogP contribution in [0.4, 0.5) is 5.69 Å². The molecule has 2 aromatic carbocycles. The number of likely N-dealkylation sites (tertiary alicyclic amines) is 1. The van der Waals surface area contributed by atoms with Crippen LogP contribution in [-0.4, -0.2) is 49.1 Å². The molecule has 0 unspecified atom stereocenters. The van der Waals surface area contributed by atoms with Crippen LogP contribution in [0, 0.1) is 5.92 Å². The molecule has 8 nitrogen and oxygen atoms in total. The largest absolute Gasteiger partial charge is 0.338 e. The lowest BCUT2D eigenvalue weighted by molar-refractivity contribution is -0.117. The van der Waals surface area contributed by atoms with Gasteiger partial charge in [0.25, 0.3) is 5.91 Å². The van der Waals surface area contributed by atoms with Crippen LogP contribution >= 0.6 is 0 Å². The third-order valence-electron chi connectivity index (χ3n) is 6.67. The number of aromatic nitrogens is 4. The molecule has 2 amide bonds. The summed E-state index contributed by atoms with van der Waals surface area (Å²) in [6.45, 7) is 4.78. The zero-order chi connectivity index (χ0) is 24.2. The Labute approximate surface area is 204 Å². The number of anilines is 1. The van der Waals surface area contributed by atoms with Crippen molar-refractivity contribution in [1.29, 1.82) is 0 Å². The number of amides is 2. The maximum atomic E-state index is 13.4. The Morgan fingerprint density at radius 1 is 1.14 bits per heavy atom. The molecule has 180 valence electrons. The molecule has 0 saturated carbocycles. The highest BCUT2D eigenvalue weighted by Gasteiger charge is 2.27. The Morgan fingerprint density at radius 3 is 2.86 bits per heavy atom. The quantitative estimate of drug-likeness (QED) is 0.439. The van der Waals surface area contributed by atoms with Gasteiger partial charge < -0.3 is 14.8 Å². The van der Waals surface area contributed by atoms with Gasteiger partial charge in [0.15, 0.2) is 0 Å². The number of piperidine rings is 1. The van der Waals surface area contributed by atoms with Gasteiger partial charge in [-0.2, -0.15) is 5.10 Å². The average Bonchev–Trinajstić information content (AvgIpc) is 3.53. The van der Waals surface area contributed by atoms with E-state index >= 15 is 0 Å². The highest BCUT2D eigenvalue weighted by molar-refractivity contribution is 5.96. The van der Waals surface area contributed by atoms with Gasteiger partial charge in [0.2, 0.25) is 5.91 Å². The number of benzene rings is 2. The molecule has 0 spiro atoms. The van der Waals surface area contributed by atoms with Crippen molar-refractivity contribution < 1.29 is 9.59 Å². The van der Waals surface area contributed by atoms with E-state index in [9.17, 15) is 9.59 Å². The van der Waals surface area contributed by atoms with E-state index in [1.165, 1.54) is 0 Å². The van der Waals surface area contributed by atoms with Gasteiger partial charge in [0.1, 0.15) is 0 Å². The van der Waals surface area contributed by atoms with Gasteiger partial charge in [-0.1, -0.05) is 18.2 Å². The number of carbonyl (C=O) groups is 2. The summed E-state index contributed by atoms with van der Waals surface area (Å²) in [6.07, 6.45) is 7.67. The summed E-state index contributed by atoms with van der Waals surface area (Å²) in [5.74, 6) is 0.126. The molecule has 1 saturated heterocycles. The number of rotatable bonds is 7.